The van der Waals surface area contributed by atoms with Crippen LogP contribution in [0.15, 0.2) is 34.9 Å². The molecule has 2 aromatic rings. The van der Waals surface area contributed by atoms with Crippen LogP contribution in [0.1, 0.15) is 47.0 Å². The summed E-state index contributed by atoms with van der Waals surface area (Å²) in [6.07, 6.45) is 4.47. The van der Waals surface area contributed by atoms with E-state index >= 15 is 0 Å². The molecule has 1 saturated heterocycles. The predicted octanol–water partition coefficient (Wildman–Crippen LogP) is 3.72. The van der Waals surface area contributed by atoms with Gasteiger partial charge in [-0.15, -0.1) is 0 Å². The molecule has 4 heteroatoms. The number of piperidine rings is 1. The number of rotatable bonds is 2. The monoisotopic (exact) mass is 325 g/mol. The van der Waals surface area contributed by atoms with Crippen LogP contribution in [0.3, 0.4) is 0 Å². The summed E-state index contributed by atoms with van der Waals surface area (Å²) >= 11 is 0. The molecular weight excluding hydrogens is 302 g/mol. The van der Waals surface area contributed by atoms with Crippen LogP contribution in [-0.4, -0.2) is 30.5 Å². The second kappa shape index (κ2) is 5.40. The van der Waals surface area contributed by atoms with E-state index in [0.29, 0.717) is 5.76 Å². The van der Waals surface area contributed by atoms with E-state index in [2.05, 4.69) is 19.1 Å². The fraction of sp³-hybridized carbons (Fsp3) is 0.450. The molecule has 1 aliphatic heterocycles. The van der Waals surface area contributed by atoms with Crippen LogP contribution in [0, 0.1) is 6.92 Å². The maximum absolute atomic E-state index is 12.9. The highest BCUT2D eigenvalue weighted by Crippen LogP contribution is 2.46. The summed E-state index contributed by atoms with van der Waals surface area (Å²) in [6, 6.07) is 8.45. The molecule has 1 amide bonds. The summed E-state index contributed by atoms with van der Waals surface area (Å²) in [4.78, 5) is 14.9. The first kappa shape index (κ1) is 15.3. The Bertz CT molecular complexity index is 794. The maximum Gasteiger partial charge on any atom is 0.290 e. The van der Waals surface area contributed by atoms with Crippen molar-refractivity contribution in [1.82, 2.24) is 4.90 Å². The standard InChI is InChI=1S/C20H23NO3/c1-13-6-9-24-18(13)19(22)21-8-7-20(2)12-15(21)10-14-4-5-16(23-3)11-17(14)20/h4-6,9,11,15H,7-8,10,12H2,1-3H3/t15?,20-/m1/s1. The Morgan fingerprint density at radius 3 is 2.92 bits per heavy atom. The quantitative estimate of drug-likeness (QED) is 0.845. The normalized spacial score (nSPS) is 25.3. The lowest BCUT2D eigenvalue weighted by molar-refractivity contribution is 0.0457. The molecule has 2 bridgehead atoms. The van der Waals surface area contributed by atoms with Gasteiger partial charge in [-0.1, -0.05) is 13.0 Å². The molecule has 24 heavy (non-hydrogen) atoms. The molecule has 1 aliphatic carbocycles. The Balaban J connectivity index is 1.67. The zero-order valence-electron chi connectivity index (χ0n) is 14.5. The van der Waals surface area contributed by atoms with Crippen LogP contribution in [-0.2, 0) is 11.8 Å². The summed E-state index contributed by atoms with van der Waals surface area (Å²) < 4.78 is 10.8. The number of hydrogen-bond donors (Lipinski definition) is 0. The zero-order valence-corrected chi connectivity index (χ0v) is 14.5. The molecule has 0 saturated carbocycles. The summed E-state index contributed by atoms with van der Waals surface area (Å²) in [5.41, 5.74) is 3.75. The first-order valence-electron chi connectivity index (χ1n) is 8.54. The number of fused-ring (bicyclic) bond motifs is 4. The largest absolute Gasteiger partial charge is 0.497 e. The van der Waals surface area contributed by atoms with E-state index in [1.54, 1.807) is 13.4 Å². The number of ether oxygens (including phenoxy) is 1. The molecule has 0 radical (unpaired) electrons. The lowest BCUT2D eigenvalue weighted by atomic mass is 9.65. The van der Waals surface area contributed by atoms with Crippen molar-refractivity contribution in [2.24, 2.45) is 0 Å². The van der Waals surface area contributed by atoms with Gasteiger partial charge < -0.3 is 14.1 Å². The van der Waals surface area contributed by atoms with Gasteiger partial charge >= 0.3 is 0 Å². The summed E-state index contributed by atoms with van der Waals surface area (Å²) in [5, 5.41) is 0. The number of benzene rings is 1. The van der Waals surface area contributed by atoms with E-state index in [-0.39, 0.29) is 17.4 Å². The molecule has 0 spiro atoms. The second-order valence-corrected chi connectivity index (χ2v) is 7.33. The van der Waals surface area contributed by atoms with E-state index in [1.165, 1.54) is 11.1 Å². The topological polar surface area (TPSA) is 42.7 Å². The molecule has 1 fully saturated rings. The zero-order chi connectivity index (χ0) is 16.9. The number of aryl methyl sites for hydroxylation is 1. The van der Waals surface area contributed by atoms with Gasteiger partial charge in [0, 0.05) is 18.2 Å². The molecule has 1 aromatic heterocycles. The number of likely N-dealkylation sites (tertiary alicyclic amines) is 1. The second-order valence-electron chi connectivity index (χ2n) is 7.33. The number of hydrogen-bond acceptors (Lipinski definition) is 3. The van der Waals surface area contributed by atoms with Gasteiger partial charge in [0.1, 0.15) is 5.75 Å². The minimum absolute atomic E-state index is 0.0292. The molecule has 1 aromatic carbocycles. The minimum atomic E-state index is 0.0292. The summed E-state index contributed by atoms with van der Waals surface area (Å²) in [5.74, 6) is 1.43. The van der Waals surface area contributed by atoms with Gasteiger partial charge in [0.05, 0.1) is 13.4 Å². The Morgan fingerprint density at radius 1 is 1.38 bits per heavy atom. The molecule has 0 N–H and O–H groups in total. The first-order chi connectivity index (χ1) is 11.5. The number of carbonyl (C=O) groups is 1. The lowest BCUT2D eigenvalue weighted by Crippen LogP contribution is -2.54. The van der Waals surface area contributed by atoms with E-state index in [4.69, 9.17) is 9.15 Å². The number of furan rings is 1. The van der Waals surface area contributed by atoms with Crippen molar-refractivity contribution < 1.29 is 13.9 Å². The van der Waals surface area contributed by atoms with Crippen molar-refractivity contribution in [3.63, 3.8) is 0 Å². The van der Waals surface area contributed by atoms with Gasteiger partial charge in [0.15, 0.2) is 5.76 Å². The van der Waals surface area contributed by atoms with Crippen molar-refractivity contribution in [3.8, 4) is 5.75 Å². The SMILES string of the molecule is COc1ccc2c(c1)[C@]1(C)CCN(C(=O)c3occc3C)C(C2)C1. The average Bonchev–Trinajstić information content (AvgIpc) is 3.00. The van der Waals surface area contributed by atoms with Gasteiger partial charge in [-0.25, -0.2) is 0 Å². The van der Waals surface area contributed by atoms with E-state index in [9.17, 15) is 4.79 Å². The third-order valence-corrected chi connectivity index (χ3v) is 5.77. The third kappa shape index (κ3) is 2.24. The van der Waals surface area contributed by atoms with E-state index in [1.807, 2.05) is 24.0 Å². The fourth-order valence-electron chi connectivity index (χ4n) is 4.37. The molecule has 4 nitrogen and oxygen atoms in total. The van der Waals surface area contributed by atoms with Crippen LogP contribution in [0.4, 0.5) is 0 Å². The summed E-state index contributed by atoms with van der Waals surface area (Å²) in [6.45, 7) is 5.02. The molecular formula is C20H23NO3. The van der Waals surface area contributed by atoms with E-state index in [0.717, 1.165) is 37.1 Å². The summed E-state index contributed by atoms with van der Waals surface area (Å²) in [7, 11) is 1.71. The Morgan fingerprint density at radius 2 is 2.21 bits per heavy atom. The van der Waals surface area contributed by atoms with Gasteiger partial charge in [0.25, 0.3) is 5.91 Å². The van der Waals surface area contributed by atoms with Crippen LogP contribution in [0.5, 0.6) is 5.75 Å². The molecule has 1 unspecified atom stereocenters. The van der Waals surface area contributed by atoms with Crippen molar-refractivity contribution in [3.05, 3.63) is 53.0 Å². The molecule has 2 heterocycles. The maximum atomic E-state index is 12.9. The van der Waals surface area contributed by atoms with Crippen molar-refractivity contribution >= 4 is 5.91 Å². The van der Waals surface area contributed by atoms with Crippen LogP contribution in [0.2, 0.25) is 0 Å². The highest BCUT2D eigenvalue weighted by molar-refractivity contribution is 5.93. The smallest absolute Gasteiger partial charge is 0.290 e. The lowest BCUT2D eigenvalue weighted by Gasteiger charge is -2.49. The Labute approximate surface area is 142 Å². The van der Waals surface area contributed by atoms with Gasteiger partial charge in [0.2, 0.25) is 0 Å². The number of methoxy groups -OCH3 is 1. The van der Waals surface area contributed by atoms with Crippen LogP contribution >= 0.6 is 0 Å². The Kier molecular flexibility index (Phi) is 3.44. The first-order valence-corrected chi connectivity index (χ1v) is 8.54. The van der Waals surface area contributed by atoms with Gasteiger partial charge in [-0.2, -0.15) is 0 Å². The fourth-order valence-corrected chi connectivity index (χ4v) is 4.37. The van der Waals surface area contributed by atoms with Crippen LogP contribution < -0.4 is 4.74 Å². The van der Waals surface area contributed by atoms with Crippen LogP contribution in [0.25, 0.3) is 0 Å². The van der Waals surface area contributed by atoms with Crippen molar-refractivity contribution in [2.45, 2.75) is 44.6 Å². The van der Waals surface area contributed by atoms with Gasteiger partial charge in [-0.05, 0) is 60.9 Å². The van der Waals surface area contributed by atoms with Crippen molar-refractivity contribution in [2.75, 3.05) is 13.7 Å². The number of carbonyl (C=O) groups excluding carboxylic acids is 1. The highest BCUT2D eigenvalue weighted by atomic mass is 16.5. The van der Waals surface area contributed by atoms with Crippen molar-refractivity contribution in [1.29, 1.82) is 0 Å². The molecule has 126 valence electrons. The molecule has 4 rings (SSSR count). The van der Waals surface area contributed by atoms with E-state index < -0.39 is 0 Å². The van der Waals surface area contributed by atoms with Gasteiger partial charge in [-0.3, -0.25) is 4.79 Å². The third-order valence-electron chi connectivity index (χ3n) is 5.77. The Hall–Kier alpha value is -2.23. The minimum Gasteiger partial charge on any atom is -0.497 e. The average molecular weight is 325 g/mol. The predicted molar refractivity (Wildman–Crippen MR) is 91.6 cm³/mol. The number of nitrogens with zero attached hydrogens (tertiary/aromatic N) is 1. The molecule has 2 atom stereocenters. The molecule has 2 aliphatic rings. The number of amides is 1. The highest BCUT2D eigenvalue weighted by Gasteiger charge is 2.44.